The number of aromatic amines is 1. The number of aromatic nitrogens is 2. The number of fused-ring (bicyclic) bond motifs is 1. The monoisotopic (exact) mass is 379 g/mol. The van der Waals surface area contributed by atoms with Gasteiger partial charge in [0.1, 0.15) is 10.8 Å². The second-order valence-corrected chi connectivity index (χ2v) is 7.54. The van der Waals surface area contributed by atoms with E-state index >= 15 is 0 Å². The van der Waals surface area contributed by atoms with Crippen LogP contribution >= 0.6 is 11.3 Å². The van der Waals surface area contributed by atoms with E-state index in [9.17, 15) is 9.18 Å². The van der Waals surface area contributed by atoms with Crippen LogP contribution in [0.5, 0.6) is 0 Å². The van der Waals surface area contributed by atoms with Gasteiger partial charge >= 0.3 is 0 Å². The molecule has 6 heteroatoms. The number of carbonyl (C=O) groups excluding carboxylic acids is 1. The van der Waals surface area contributed by atoms with Gasteiger partial charge in [0.2, 0.25) is 5.91 Å². The van der Waals surface area contributed by atoms with Crippen molar-refractivity contribution in [1.82, 2.24) is 15.3 Å². The molecule has 0 bridgehead atoms. The van der Waals surface area contributed by atoms with Crippen molar-refractivity contribution in [1.29, 1.82) is 0 Å². The Kier molecular flexibility index (Phi) is 4.98. The first kappa shape index (κ1) is 17.4. The van der Waals surface area contributed by atoms with E-state index in [2.05, 4.69) is 15.3 Å². The number of halogens is 1. The smallest absolute Gasteiger partial charge is 0.224 e. The van der Waals surface area contributed by atoms with Crippen LogP contribution in [0.3, 0.4) is 0 Å². The summed E-state index contributed by atoms with van der Waals surface area (Å²) in [5, 5.41) is 4.87. The van der Waals surface area contributed by atoms with Crippen LogP contribution in [-0.4, -0.2) is 15.9 Å². The van der Waals surface area contributed by atoms with E-state index in [0.717, 1.165) is 31.9 Å². The second-order valence-electron chi connectivity index (χ2n) is 6.34. The van der Waals surface area contributed by atoms with E-state index in [-0.39, 0.29) is 11.7 Å². The van der Waals surface area contributed by atoms with Crippen molar-refractivity contribution in [2.45, 2.75) is 19.4 Å². The lowest BCUT2D eigenvalue weighted by Crippen LogP contribution is -2.24. The molecule has 27 heavy (non-hydrogen) atoms. The molecule has 0 aliphatic carbocycles. The number of amides is 1. The minimum Gasteiger partial charge on any atom is -0.361 e. The standard InChI is InChI=1S/C21H18FN3OS/c22-16-7-5-14(6-8-16)9-17-12-25-21(27-17)13-24-20(26)10-15-11-23-19-4-2-1-3-18(15)19/h1-8,11-12,23H,9-10,13H2,(H,24,26). The van der Waals surface area contributed by atoms with Crippen molar-refractivity contribution >= 4 is 28.1 Å². The lowest BCUT2D eigenvalue weighted by atomic mass is 10.1. The van der Waals surface area contributed by atoms with Gasteiger partial charge < -0.3 is 10.3 Å². The number of H-pyrrole nitrogens is 1. The summed E-state index contributed by atoms with van der Waals surface area (Å²) in [7, 11) is 0. The Hall–Kier alpha value is -2.99. The zero-order valence-corrected chi connectivity index (χ0v) is 15.4. The van der Waals surface area contributed by atoms with Gasteiger partial charge in [-0.1, -0.05) is 30.3 Å². The highest BCUT2D eigenvalue weighted by molar-refractivity contribution is 7.11. The number of para-hydroxylation sites is 1. The van der Waals surface area contributed by atoms with Crippen molar-refractivity contribution < 1.29 is 9.18 Å². The molecular weight excluding hydrogens is 361 g/mol. The van der Waals surface area contributed by atoms with E-state index in [4.69, 9.17) is 0 Å². The maximum atomic E-state index is 13.0. The van der Waals surface area contributed by atoms with Gasteiger partial charge in [-0.25, -0.2) is 9.37 Å². The lowest BCUT2D eigenvalue weighted by molar-refractivity contribution is -0.120. The number of thiazole rings is 1. The van der Waals surface area contributed by atoms with E-state index in [1.807, 2.05) is 36.7 Å². The molecule has 1 amide bonds. The average molecular weight is 379 g/mol. The number of carbonyl (C=O) groups is 1. The summed E-state index contributed by atoms with van der Waals surface area (Å²) < 4.78 is 13.0. The Morgan fingerprint density at radius 2 is 1.96 bits per heavy atom. The number of rotatable bonds is 6. The van der Waals surface area contributed by atoms with Gasteiger partial charge in [0.25, 0.3) is 0 Å². The Morgan fingerprint density at radius 1 is 1.15 bits per heavy atom. The van der Waals surface area contributed by atoms with Crippen molar-refractivity contribution in [3.63, 3.8) is 0 Å². The highest BCUT2D eigenvalue weighted by Crippen LogP contribution is 2.19. The predicted molar refractivity (Wildman–Crippen MR) is 105 cm³/mol. The first-order valence-electron chi connectivity index (χ1n) is 8.67. The van der Waals surface area contributed by atoms with Crippen LogP contribution in [0, 0.1) is 5.82 Å². The van der Waals surface area contributed by atoms with Crippen LogP contribution < -0.4 is 5.32 Å². The van der Waals surface area contributed by atoms with Gasteiger partial charge in [-0.15, -0.1) is 11.3 Å². The number of nitrogens with one attached hydrogen (secondary N) is 2. The minimum absolute atomic E-state index is 0.0324. The highest BCUT2D eigenvalue weighted by atomic mass is 32.1. The topological polar surface area (TPSA) is 57.8 Å². The zero-order valence-electron chi connectivity index (χ0n) is 14.5. The second kappa shape index (κ2) is 7.72. The third-order valence-electron chi connectivity index (χ3n) is 4.36. The third-order valence-corrected chi connectivity index (χ3v) is 5.35. The van der Waals surface area contributed by atoms with Crippen LogP contribution in [-0.2, 0) is 24.2 Å². The summed E-state index contributed by atoms with van der Waals surface area (Å²) >= 11 is 1.56. The number of hydrogen-bond donors (Lipinski definition) is 2. The molecule has 0 spiro atoms. The molecule has 2 aromatic carbocycles. The maximum absolute atomic E-state index is 13.0. The van der Waals surface area contributed by atoms with Crippen LogP contribution in [0.25, 0.3) is 10.9 Å². The molecule has 2 heterocycles. The Morgan fingerprint density at radius 3 is 2.81 bits per heavy atom. The van der Waals surface area contributed by atoms with E-state index < -0.39 is 0 Å². The summed E-state index contributed by atoms with van der Waals surface area (Å²) in [5.74, 6) is -0.267. The van der Waals surface area contributed by atoms with Crippen LogP contribution in [0.2, 0.25) is 0 Å². The van der Waals surface area contributed by atoms with Gasteiger partial charge in [0.05, 0.1) is 13.0 Å². The molecule has 0 aliphatic heterocycles. The van der Waals surface area contributed by atoms with Crippen molar-refractivity contribution in [2.75, 3.05) is 0 Å². The van der Waals surface area contributed by atoms with Crippen molar-refractivity contribution in [3.05, 3.63) is 87.8 Å². The molecule has 0 saturated carbocycles. The SMILES string of the molecule is O=C(Cc1c[nH]c2ccccc12)NCc1ncc(Cc2ccc(F)cc2)s1. The molecule has 2 aromatic heterocycles. The zero-order chi connectivity index (χ0) is 18.6. The molecule has 0 aliphatic rings. The molecule has 0 atom stereocenters. The Labute approximate surface area is 160 Å². The van der Waals surface area contributed by atoms with Gasteiger partial charge in [-0.05, 0) is 29.3 Å². The summed E-state index contributed by atoms with van der Waals surface area (Å²) in [6, 6.07) is 14.4. The van der Waals surface area contributed by atoms with Crippen molar-refractivity contribution in [3.8, 4) is 0 Å². The molecule has 0 unspecified atom stereocenters. The summed E-state index contributed by atoms with van der Waals surface area (Å²) in [6.45, 7) is 0.412. The molecule has 4 aromatic rings. The third kappa shape index (κ3) is 4.23. The van der Waals surface area contributed by atoms with E-state index in [1.165, 1.54) is 12.1 Å². The fourth-order valence-corrected chi connectivity index (χ4v) is 3.90. The minimum atomic E-state index is -0.235. The van der Waals surface area contributed by atoms with Crippen LogP contribution in [0.4, 0.5) is 4.39 Å². The fraction of sp³-hybridized carbons (Fsp3) is 0.143. The first-order valence-corrected chi connectivity index (χ1v) is 9.49. The molecule has 136 valence electrons. The Balaban J connectivity index is 1.33. The molecule has 4 nitrogen and oxygen atoms in total. The predicted octanol–water partition coefficient (Wildman–Crippen LogP) is 4.21. The van der Waals surface area contributed by atoms with Gasteiger partial charge in [-0.2, -0.15) is 0 Å². The maximum Gasteiger partial charge on any atom is 0.224 e. The van der Waals surface area contributed by atoms with E-state index in [1.54, 1.807) is 23.5 Å². The lowest BCUT2D eigenvalue weighted by Gasteiger charge is -2.02. The molecule has 0 saturated heterocycles. The largest absolute Gasteiger partial charge is 0.361 e. The highest BCUT2D eigenvalue weighted by Gasteiger charge is 2.10. The van der Waals surface area contributed by atoms with E-state index in [0.29, 0.717) is 19.4 Å². The molecule has 2 N–H and O–H groups in total. The number of hydrogen-bond acceptors (Lipinski definition) is 3. The quantitative estimate of drug-likeness (QED) is 0.527. The normalized spacial score (nSPS) is 11.0. The summed E-state index contributed by atoms with van der Waals surface area (Å²) in [6.07, 6.45) is 4.74. The average Bonchev–Trinajstić information content (AvgIpc) is 3.29. The summed E-state index contributed by atoms with van der Waals surface area (Å²) in [4.78, 5) is 20.9. The molecular formula is C21H18FN3OS. The van der Waals surface area contributed by atoms with Gasteiger partial charge in [-0.3, -0.25) is 4.79 Å². The molecule has 0 radical (unpaired) electrons. The van der Waals surface area contributed by atoms with Gasteiger partial charge in [0.15, 0.2) is 0 Å². The number of nitrogens with zero attached hydrogens (tertiary/aromatic N) is 1. The summed E-state index contributed by atoms with van der Waals surface area (Å²) in [5.41, 5.74) is 3.06. The first-order chi connectivity index (χ1) is 13.2. The fourth-order valence-electron chi connectivity index (χ4n) is 3.00. The van der Waals surface area contributed by atoms with Crippen LogP contribution in [0.1, 0.15) is 21.0 Å². The molecule has 0 fully saturated rings. The van der Waals surface area contributed by atoms with Crippen LogP contribution in [0.15, 0.2) is 60.9 Å². The molecule has 4 rings (SSSR count). The Bertz CT molecular complexity index is 1070. The number of benzene rings is 2. The van der Waals surface area contributed by atoms with Gasteiger partial charge in [0, 0.05) is 34.6 Å². The van der Waals surface area contributed by atoms with Crippen molar-refractivity contribution in [2.24, 2.45) is 0 Å².